The fourth-order valence-electron chi connectivity index (χ4n) is 1.45. The molecule has 20 heavy (non-hydrogen) atoms. The minimum Gasteiger partial charge on any atom is -0.476 e. The van der Waals surface area contributed by atoms with Crippen LogP contribution in [0.5, 0.6) is 0 Å². The summed E-state index contributed by atoms with van der Waals surface area (Å²) in [5.74, 6) is -1.63. The van der Waals surface area contributed by atoms with Gasteiger partial charge in [0, 0.05) is 11.6 Å². The zero-order valence-corrected chi connectivity index (χ0v) is 12.0. The van der Waals surface area contributed by atoms with Gasteiger partial charge in [0.25, 0.3) is 5.56 Å². The van der Waals surface area contributed by atoms with E-state index in [0.29, 0.717) is 0 Å². The number of rotatable bonds is 5. The van der Waals surface area contributed by atoms with Crippen molar-refractivity contribution in [3.8, 4) is 0 Å². The minimum absolute atomic E-state index is 0.279. The molecule has 7 heteroatoms. The molecule has 1 amide bonds. The van der Waals surface area contributed by atoms with Crippen molar-refractivity contribution in [2.75, 3.05) is 0 Å². The maximum Gasteiger partial charge on any atom is 0.356 e. The molecule has 0 saturated heterocycles. The molecule has 1 rings (SSSR count). The normalized spacial score (nSPS) is 12.8. The maximum absolute atomic E-state index is 12.1. The highest BCUT2D eigenvalue weighted by molar-refractivity contribution is 5.85. The van der Waals surface area contributed by atoms with Crippen molar-refractivity contribution >= 4 is 11.9 Å². The highest BCUT2D eigenvalue weighted by Crippen LogP contribution is 2.10. The Morgan fingerprint density at radius 2 is 2.05 bits per heavy atom. The van der Waals surface area contributed by atoms with E-state index in [4.69, 9.17) is 5.11 Å². The molecule has 0 aliphatic heterocycles. The van der Waals surface area contributed by atoms with Crippen LogP contribution in [0.25, 0.3) is 0 Å². The van der Waals surface area contributed by atoms with Crippen LogP contribution in [0, 0.1) is 0 Å². The predicted molar refractivity (Wildman–Crippen MR) is 72.7 cm³/mol. The standard InChI is InChI=1S/C13H19N3O4/c1-5-13(3,4)14-11(18)8(2)16-10(17)7-6-9(15-16)12(19)20/h6-8H,5H2,1-4H3,(H,14,18)(H,19,20). The third-order valence-electron chi connectivity index (χ3n) is 3.14. The molecule has 110 valence electrons. The second-order valence-corrected chi connectivity index (χ2v) is 5.21. The van der Waals surface area contributed by atoms with Crippen LogP contribution in [0.1, 0.15) is 50.6 Å². The first-order valence-corrected chi connectivity index (χ1v) is 6.33. The molecule has 1 aromatic rings. The molecule has 0 radical (unpaired) electrons. The second-order valence-electron chi connectivity index (χ2n) is 5.21. The Morgan fingerprint density at radius 1 is 1.45 bits per heavy atom. The van der Waals surface area contributed by atoms with Gasteiger partial charge in [-0.05, 0) is 33.3 Å². The number of carboxylic acid groups (broad SMARTS) is 1. The molecule has 0 fully saturated rings. The van der Waals surface area contributed by atoms with Gasteiger partial charge < -0.3 is 10.4 Å². The highest BCUT2D eigenvalue weighted by Gasteiger charge is 2.24. The first kappa shape index (κ1) is 15.9. The molecule has 0 bridgehead atoms. The smallest absolute Gasteiger partial charge is 0.356 e. The fourth-order valence-corrected chi connectivity index (χ4v) is 1.45. The van der Waals surface area contributed by atoms with Crippen LogP contribution in [-0.4, -0.2) is 32.3 Å². The lowest BCUT2D eigenvalue weighted by atomic mass is 10.0. The van der Waals surface area contributed by atoms with Crippen molar-refractivity contribution in [2.24, 2.45) is 0 Å². The number of nitrogens with zero attached hydrogens (tertiary/aromatic N) is 2. The SMILES string of the molecule is CCC(C)(C)NC(=O)C(C)n1nc(C(=O)O)ccc1=O. The van der Waals surface area contributed by atoms with Crippen LogP contribution in [0.15, 0.2) is 16.9 Å². The van der Waals surface area contributed by atoms with Crippen molar-refractivity contribution in [3.63, 3.8) is 0 Å². The van der Waals surface area contributed by atoms with Gasteiger partial charge in [-0.1, -0.05) is 6.92 Å². The Morgan fingerprint density at radius 3 is 2.55 bits per heavy atom. The third kappa shape index (κ3) is 3.66. The lowest BCUT2D eigenvalue weighted by Gasteiger charge is -2.26. The van der Waals surface area contributed by atoms with Gasteiger partial charge in [0.05, 0.1) is 0 Å². The van der Waals surface area contributed by atoms with Crippen LogP contribution in [0.3, 0.4) is 0 Å². The lowest BCUT2D eigenvalue weighted by molar-refractivity contribution is -0.125. The average Bonchev–Trinajstić information content (AvgIpc) is 2.37. The fraction of sp³-hybridized carbons (Fsp3) is 0.538. The van der Waals surface area contributed by atoms with E-state index in [2.05, 4.69) is 10.4 Å². The molecular formula is C13H19N3O4. The number of carboxylic acids is 1. The monoisotopic (exact) mass is 281 g/mol. The topological polar surface area (TPSA) is 101 Å². The number of carbonyl (C=O) groups excluding carboxylic acids is 1. The maximum atomic E-state index is 12.1. The summed E-state index contributed by atoms with van der Waals surface area (Å²) in [5.41, 5.74) is -1.20. The van der Waals surface area contributed by atoms with Gasteiger partial charge in [-0.25, -0.2) is 9.48 Å². The Kier molecular flexibility index (Phi) is 4.65. The molecule has 0 saturated carbocycles. The molecule has 0 aromatic carbocycles. The van der Waals surface area contributed by atoms with E-state index in [1.54, 1.807) is 0 Å². The lowest BCUT2D eigenvalue weighted by Crippen LogP contribution is -2.47. The number of aromatic carboxylic acids is 1. The summed E-state index contributed by atoms with van der Waals surface area (Å²) in [4.78, 5) is 34.6. The Bertz CT molecular complexity index is 577. The van der Waals surface area contributed by atoms with Crippen LogP contribution in [0.2, 0.25) is 0 Å². The van der Waals surface area contributed by atoms with Crippen LogP contribution < -0.4 is 10.9 Å². The van der Waals surface area contributed by atoms with Gasteiger partial charge in [-0.2, -0.15) is 5.10 Å². The molecule has 1 unspecified atom stereocenters. The van der Waals surface area contributed by atoms with Crippen molar-refractivity contribution < 1.29 is 14.7 Å². The van der Waals surface area contributed by atoms with Gasteiger partial charge in [0.2, 0.25) is 5.91 Å². The van der Waals surface area contributed by atoms with Gasteiger partial charge in [0.15, 0.2) is 5.69 Å². The van der Waals surface area contributed by atoms with E-state index < -0.39 is 23.1 Å². The molecule has 0 spiro atoms. The van der Waals surface area contributed by atoms with Crippen molar-refractivity contribution in [1.29, 1.82) is 0 Å². The molecule has 0 aliphatic rings. The van der Waals surface area contributed by atoms with Crippen LogP contribution in [0.4, 0.5) is 0 Å². The van der Waals surface area contributed by atoms with E-state index >= 15 is 0 Å². The molecule has 7 nitrogen and oxygen atoms in total. The van der Waals surface area contributed by atoms with Gasteiger partial charge in [0.1, 0.15) is 6.04 Å². The van der Waals surface area contributed by atoms with E-state index in [1.807, 2.05) is 20.8 Å². The summed E-state index contributed by atoms with van der Waals surface area (Å²) in [6.07, 6.45) is 0.725. The van der Waals surface area contributed by atoms with Gasteiger partial charge in [-0.15, -0.1) is 0 Å². The first-order valence-electron chi connectivity index (χ1n) is 6.33. The van der Waals surface area contributed by atoms with E-state index in [0.717, 1.165) is 23.2 Å². The van der Waals surface area contributed by atoms with Crippen molar-refractivity contribution in [1.82, 2.24) is 15.1 Å². The average molecular weight is 281 g/mol. The second kappa shape index (κ2) is 5.85. The predicted octanol–water partition coefficient (Wildman–Crippen LogP) is 0.807. The summed E-state index contributed by atoms with van der Waals surface area (Å²) >= 11 is 0. The molecule has 1 heterocycles. The van der Waals surface area contributed by atoms with E-state index in [9.17, 15) is 14.4 Å². The number of hydrogen-bond acceptors (Lipinski definition) is 4. The van der Waals surface area contributed by atoms with Crippen LogP contribution in [-0.2, 0) is 4.79 Å². The molecule has 1 aromatic heterocycles. The molecular weight excluding hydrogens is 262 g/mol. The number of carbonyl (C=O) groups is 2. The van der Waals surface area contributed by atoms with Gasteiger partial charge in [-0.3, -0.25) is 9.59 Å². The van der Waals surface area contributed by atoms with Crippen molar-refractivity contribution in [2.45, 2.75) is 45.7 Å². The first-order chi connectivity index (χ1) is 9.18. The summed E-state index contributed by atoms with van der Waals surface area (Å²) in [6.45, 7) is 7.16. The minimum atomic E-state index is -1.25. The zero-order valence-electron chi connectivity index (χ0n) is 12.0. The quantitative estimate of drug-likeness (QED) is 0.831. The highest BCUT2D eigenvalue weighted by atomic mass is 16.4. The molecule has 0 aliphatic carbocycles. The van der Waals surface area contributed by atoms with Gasteiger partial charge >= 0.3 is 5.97 Å². The third-order valence-corrected chi connectivity index (χ3v) is 3.14. The Balaban J connectivity index is 3.05. The number of hydrogen-bond donors (Lipinski definition) is 2. The van der Waals surface area contributed by atoms with E-state index in [1.165, 1.54) is 6.92 Å². The zero-order chi connectivity index (χ0) is 15.5. The summed E-state index contributed by atoms with van der Waals surface area (Å²) in [5, 5.41) is 15.4. The van der Waals surface area contributed by atoms with Crippen molar-refractivity contribution in [3.05, 3.63) is 28.2 Å². The van der Waals surface area contributed by atoms with Crippen LogP contribution >= 0.6 is 0 Å². The molecule has 1 atom stereocenters. The summed E-state index contributed by atoms with van der Waals surface area (Å²) < 4.78 is 0.879. The number of nitrogens with one attached hydrogen (secondary N) is 1. The Labute approximate surface area is 116 Å². The van der Waals surface area contributed by atoms with E-state index in [-0.39, 0.29) is 11.6 Å². The summed E-state index contributed by atoms with van der Waals surface area (Å²) in [7, 11) is 0. The Hall–Kier alpha value is -2.18. The molecule has 2 N–H and O–H groups in total. The summed E-state index contributed by atoms with van der Waals surface area (Å²) in [6, 6.07) is 1.32. The number of amides is 1. The number of aromatic nitrogens is 2. The largest absolute Gasteiger partial charge is 0.476 e.